The Kier molecular flexibility index (Phi) is 8.81. The molecule has 0 fully saturated rings. The SMILES string of the molecule is C=C=CN(CC(F)(F)C(F)(F)C(F)(F)C(F)(F)C(F)(F)COP(=O)(O)O)C(=O)C(C)=C=C. The van der Waals surface area contributed by atoms with Gasteiger partial charge in [0.2, 0.25) is 0 Å². The van der Waals surface area contributed by atoms with Crippen molar-refractivity contribution in [2.75, 3.05) is 13.2 Å². The lowest BCUT2D eigenvalue weighted by Crippen LogP contribution is -2.69. The number of hydrogen-bond acceptors (Lipinski definition) is 3. The van der Waals surface area contributed by atoms with Crippen molar-refractivity contribution in [1.29, 1.82) is 0 Å². The average molecular weight is 509 g/mol. The van der Waals surface area contributed by atoms with Gasteiger partial charge in [0.25, 0.3) is 5.91 Å². The Hall–Kier alpha value is -2.08. The van der Waals surface area contributed by atoms with Crippen LogP contribution < -0.4 is 0 Å². The Labute approximate surface area is 173 Å². The summed E-state index contributed by atoms with van der Waals surface area (Å²) in [6.07, 6.45) is 0.159. The van der Waals surface area contributed by atoms with E-state index in [1.807, 2.05) is 5.73 Å². The van der Waals surface area contributed by atoms with Gasteiger partial charge in [-0.25, -0.2) is 4.57 Å². The molecule has 0 saturated carbocycles. The monoisotopic (exact) mass is 509 g/mol. The first-order chi connectivity index (χ1) is 14.0. The van der Waals surface area contributed by atoms with Gasteiger partial charge in [-0.15, -0.1) is 11.5 Å². The lowest BCUT2D eigenvalue weighted by atomic mass is 9.94. The van der Waals surface area contributed by atoms with E-state index in [2.05, 4.69) is 17.7 Å². The van der Waals surface area contributed by atoms with Gasteiger partial charge >= 0.3 is 37.4 Å². The van der Waals surface area contributed by atoms with Gasteiger partial charge in [0, 0.05) is 6.20 Å². The third-order valence-electron chi connectivity index (χ3n) is 3.58. The second-order valence-electron chi connectivity index (χ2n) is 5.96. The van der Waals surface area contributed by atoms with Crippen LogP contribution in [0.1, 0.15) is 6.92 Å². The van der Waals surface area contributed by atoms with Crippen molar-refractivity contribution < 1.29 is 67.6 Å². The summed E-state index contributed by atoms with van der Waals surface area (Å²) >= 11 is 0. The van der Waals surface area contributed by atoms with Gasteiger partial charge in [-0.1, -0.05) is 13.2 Å². The van der Waals surface area contributed by atoms with E-state index in [4.69, 9.17) is 9.79 Å². The number of hydrogen-bond donors (Lipinski definition) is 2. The molecule has 0 bridgehead atoms. The maximum Gasteiger partial charge on any atom is 0.469 e. The lowest BCUT2D eigenvalue weighted by molar-refractivity contribution is -0.403. The zero-order chi connectivity index (χ0) is 26.0. The Morgan fingerprint density at radius 1 is 0.969 bits per heavy atom. The molecule has 0 aliphatic rings. The molecule has 0 aliphatic carbocycles. The fourth-order valence-corrected chi connectivity index (χ4v) is 2.13. The molecular weight excluding hydrogens is 495 g/mol. The largest absolute Gasteiger partial charge is 0.469 e. The number of carbonyl (C=O) groups excluding carboxylic acids is 1. The zero-order valence-corrected chi connectivity index (χ0v) is 16.6. The van der Waals surface area contributed by atoms with E-state index in [-0.39, 0.29) is 6.20 Å². The molecule has 0 aromatic rings. The van der Waals surface area contributed by atoms with Gasteiger partial charge in [-0.05, 0) is 6.92 Å². The molecule has 2 N–H and O–H groups in total. The van der Waals surface area contributed by atoms with Crippen LogP contribution in [0.3, 0.4) is 0 Å². The molecule has 0 aromatic carbocycles. The molecule has 0 rings (SSSR count). The van der Waals surface area contributed by atoms with Gasteiger partial charge in [-0.3, -0.25) is 9.32 Å². The summed E-state index contributed by atoms with van der Waals surface area (Å²) in [6, 6.07) is 0. The minimum atomic E-state index is -7.53. The lowest BCUT2D eigenvalue weighted by Gasteiger charge is -2.40. The molecule has 0 spiro atoms. The fraction of sp³-hybridized carbons (Fsp3) is 0.533. The first kappa shape index (κ1) is 29.9. The van der Waals surface area contributed by atoms with E-state index >= 15 is 0 Å². The second kappa shape index (κ2) is 9.42. The number of amides is 1. The molecule has 17 heteroatoms. The van der Waals surface area contributed by atoms with Crippen molar-refractivity contribution in [3.05, 3.63) is 36.4 Å². The van der Waals surface area contributed by atoms with Crippen LogP contribution in [0.5, 0.6) is 0 Å². The maximum absolute atomic E-state index is 14.0. The first-order valence-corrected chi connectivity index (χ1v) is 9.18. The first-order valence-electron chi connectivity index (χ1n) is 7.65. The van der Waals surface area contributed by atoms with E-state index in [1.54, 1.807) is 5.73 Å². The molecule has 184 valence electrons. The molecule has 0 saturated heterocycles. The Balaban J connectivity index is 6.29. The summed E-state index contributed by atoms with van der Waals surface area (Å²) < 4.78 is 151. The Morgan fingerprint density at radius 2 is 1.41 bits per heavy atom. The third-order valence-corrected chi connectivity index (χ3v) is 4.05. The normalized spacial score (nSPS) is 13.8. The van der Waals surface area contributed by atoms with E-state index in [0.717, 1.165) is 6.92 Å². The van der Waals surface area contributed by atoms with Crippen LogP contribution in [0.25, 0.3) is 0 Å². The topological polar surface area (TPSA) is 87.1 Å². The number of nitrogens with zero attached hydrogens (tertiary/aromatic N) is 1. The zero-order valence-electron chi connectivity index (χ0n) is 15.7. The predicted octanol–water partition coefficient (Wildman–Crippen LogP) is 4.13. The standard InChI is InChI=1S/C15H14F10NO5P/c1-4-6-26(10(27)9(3)5-2)7-11(16,17)13(20,21)15(24,25)14(22,23)12(18,19)8-31-32(28,29)30/h6H,1-2,7-8H2,3H3,(H2,28,29,30). The molecule has 1 amide bonds. The summed E-state index contributed by atoms with van der Waals surface area (Å²) in [5, 5.41) is 0. The molecule has 0 unspecified atom stereocenters. The number of carbonyl (C=O) groups is 1. The average Bonchev–Trinajstić information content (AvgIpc) is 2.63. The van der Waals surface area contributed by atoms with Crippen LogP contribution in [0, 0.1) is 0 Å². The minimum absolute atomic E-state index is 0.159. The van der Waals surface area contributed by atoms with Crippen LogP contribution in [-0.4, -0.2) is 63.4 Å². The van der Waals surface area contributed by atoms with E-state index in [9.17, 15) is 53.3 Å². The molecule has 0 radical (unpaired) electrons. The number of rotatable bonds is 11. The summed E-state index contributed by atoms with van der Waals surface area (Å²) in [6.45, 7) is 0.683. The smallest absolute Gasteiger partial charge is 0.303 e. The van der Waals surface area contributed by atoms with E-state index in [0.29, 0.717) is 0 Å². The summed E-state index contributed by atoms with van der Waals surface area (Å²) in [7, 11) is -5.98. The highest BCUT2D eigenvalue weighted by molar-refractivity contribution is 7.46. The summed E-state index contributed by atoms with van der Waals surface area (Å²) in [5.74, 6) is -36.4. The van der Waals surface area contributed by atoms with Gasteiger partial charge in [0.1, 0.15) is 6.61 Å². The van der Waals surface area contributed by atoms with E-state index < -0.39 is 67.0 Å². The van der Waals surface area contributed by atoms with Crippen LogP contribution in [0.15, 0.2) is 36.4 Å². The molecular formula is C15H14F10NO5P. The van der Waals surface area contributed by atoms with Crippen LogP contribution in [-0.2, 0) is 13.9 Å². The Bertz CT molecular complexity index is 872. The quantitative estimate of drug-likeness (QED) is 0.189. The van der Waals surface area contributed by atoms with Crippen LogP contribution in [0.4, 0.5) is 43.9 Å². The van der Waals surface area contributed by atoms with Crippen molar-refractivity contribution in [2.24, 2.45) is 0 Å². The molecule has 0 heterocycles. The highest BCUT2D eigenvalue weighted by atomic mass is 31.2. The Morgan fingerprint density at radius 3 is 1.78 bits per heavy atom. The van der Waals surface area contributed by atoms with Gasteiger partial charge < -0.3 is 14.7 Å². The van der Waals surface area contributed by atoms with Crippen LogP contribution >= 0.6 is 7.82 Å². The second-order valence-corrected chi connectivity index (χ2v) is 7.20. The number of phosphoric acid groups is 1. The fourth-order valence-electron chi connectivity index (χ4n) is 1.80. The van der Waals surface area contributed by atoms with Gasteiger partial charge in [-0.2, -0.15) is 43.9 Å². The van der Waals surface area contributed by atoms with Crippen LogP contribution in [0.2, 0.25) is 0 Å². The van der Waals surface area contributed by atoms with Crippen molar-refractivity contribution in [3.63, 3.8) is 0 Å². The molecule has 6 nitrogen and oxygen atoms in total. The predicted molar refractivity (Wildman–Crippen MR) is 86.5 cm³/mol. The molecule has 0 atom stereocenters. The number of halogens is 10. The van der Waals surface area contributed by atoms with Crippen molar-refractivity contribution in [3.8, 4) is 0 Å². The highest BCUT2D eigenvalue weighted by Gasteiger charge is 2.86. The van der Waals surface area contributed by atoms with Crippen molar-refractivity contribution in [2.45, 2.75) is 36.5 Å². The highest BCUT2D eigenvalue weighted by Crippen LogP contribution is 2.57. The number of phosphoric ester groups is 1. The summed E-state index contributed by atoms with van der Waals surface area (Å²) in [4.78, 5) is 27.8. The van der Waals surface area contributed by atoms with Crippen molar-refractivity contribution in [1.82, 2.24) is 4.90 Å². The number of alkyl halides is 10. The van der Waals surface area contributed by atoms with E-state index in [1.165, 1.54) is 0 Å². The maximum atomic E-state index is 14.0. The molecule has 0 aromatic heterocycles. The summed E-state index contributed by atoms with van der Waals surface area (Å²) in [5.41, 5.74) is 2.91. The van der Waals surface area contributed by atoms with Crippen molar-refractivity contribution >= 4 is 13.7 Å². The molecule has 0 aliphatic heterocycles. The minimum Gasteiger partial charge on any atom is -0.303 e. The third kappa shape index (κ3) is 5.83. The van der Waals surface area contributed by atoms with Gasteiger partial charge in [0.05, 0.1) is 12.1 Å². The van der Waals surface area contributed by atoms with Gasteiger partial charge in [0.15, 0.2) is 0 Å². The molecule has 32 heavy (non-hydrogen) atoms.